The zero-order chi connectivity index (χ0) is 13.2. The minimum atomic E-state index is 0. The molecule has 3 heterocycles. The second kappa shape index (κ2) is 7.97. The number of rotatable bonds is 1. The van der Waals surface area contributed by atoms with Crippen molar-refractivity contribution in [3.05, 3.63) is 29.6 Å². The second-order valence-electron chi connectivity index (χ2n) is 5.80. The number of aryl methyl sites for hydroxylation is 1. The molecule has 1 amide bonds. The van der Waals surface area contributed by atoms with Gasteiger partial charge in [-0.15, -0.1) is 24.8 Å². The van der Waals surface area contributed by atoms with E-state index in [1.54, 1.807) is 12.4 Å². The maximum Gasteiger partial charge on any atom is 0.255 e. The summed E-state index contributed by atoms with van der Waals surface area (Å²) >= 11 is 0. The second-order valence-corrected chi connectivity index (χ2v) is 5.80. The molecule has 0 saturated carbocycles. The zero-order valence-electron chi connectivity index (χ0n) is 12.2. The normalized spacial score (nSPS) is 24.3. The fourth-order valence-electron chi connectivity index (χ4n) is 3.28. The van der Waals surface area contributed by atoms with Gasteiger partial charge in [-0.1, -0.05) is 0 Å². The fraction of sp³-hybridized carbons (Fsp3) is 0.600. The number of amides is 1. The molecule has 0 spiro atoms. The van der Waals surface area contributed by atoms with Crippen molar-refractivity contribution in [2.24, 2.45) is 11.8 Å². The molecule has 2 atom stereocenters. The Kier molecular flexibility index (Phi) is 6.91. The van der Waals surface area contributed by atoms with Crippen molar-refractivity contribution in [2.75, 3.05) is 26.2 Å². The maximum atomic E-state index is 12.5. The summed E-state index contributed by atoms with van der Waals surface area (Å²) in [6, 6.07) is 1.93. The number of nitrogens with one attached hydrogen (secondary N) is 1. The predicted octanol–water partition coefficient (Wildman–Crippen LogP) is 2.31. The van der Waals surface area contributed by atoms with E-state index in [1.807, 2.05) is 17.9 Å². The monoisotopic (exact) mass is 331 g/mol. The largest absolute Gasteiger partial charge is 0.339 e. The van der Waals surface area contributed by atoms with Crippen molar-refractivity contribution in [3.63, 3.8) is 0 Å². The minimum absolute atomic E-state index is 0. The summed E-state index contributed by atoms with van der Waals surface area (Å²) in [5.41, 5.74) is 1.77. The summed E-state index contributed by atoms with van der Waals surface area (Å²) in [4.78, 5) is 18.6. The van der Waals surface area contributed by atoms with E-state index in [-0.39, 0.29) is 30.7 Å². The van der Waals surface area contributed by atoms with Gasteiger partial charge in [0.25, 0.3) is 5.91 Å². The van der Waals surface area contributed by atoms with Crippen LogP contribution in [0.25, 0.3) is 0 Å². The van der Waals surface area contributed by atoms with Gasteiger partial charge in [0, 0.05) is 25.5 Å². The van der Waals surface area contributed by atoms with Gasteiger partial charge in [0.1, 0.15) is 0 Å². The van der Waals surface area contributed by atoms with E-state index in [2.05, 4.69) is 10.3 Å². The first-order chi connectivity index (χ1) is 9.24. The molecule has 0 radical (unpaired) electrons. The Morgan fingerprint density at radius 2 is 1.81 bits per heavy atom. The number of pyridine rings is 1. The standard InChI is InChI=1S/C15H21N3O.2ClH/c1-11-6-14(10-16-7-11)15(19)18-4-2-12-8-17-9-13(12)3-5-18;;/h6-7,10,12-13,17H,2-5,8-9H2,1H3;2*1H/t12-,13+;;. The van der Waals surface area contributed by atoms with Gasteiger partial charge in [-0.3, -0.25) is 9.78 Å². The Labute approximate surface area is 138 Å². The van der Waals surface area contributed by atoms with Crippen LogP contribution in [-0.4, -0.2) is 42.0 Å². The third kappa shape index (κ3) is 4.09. The molecular formula is C15H23Cl2N3O. The fourth-order valence-corrected chi connectivity index (χ4v) is 3.28. The van der Waals surface area contributed by atoms with E-state index in [4.69, 9.17) is 0 Å². The van der Waals surface area contributed by atoms with Crippen LogP contribution in [0.15, 0.2) is 18.5 Å². The first-order valence-corrected chi connectivity index (χ1v) is 7.15. The summed E-state index contributed by atoms with van der Waals surface area (Å²) in [5.74, 6) is 1.66. The molecule has 1 aromatic heterocycles. The van der Waals surface area contributed by atoms with Gasteiger partial charge in [-0.2, -0.15) is 0 Å². The Morgan fingerprint density at radius 1 is 1.19 bits per heavy atom. The molecule has 2 aliphatic rings. The van der Waals surface area contributed by atoms with Crippen LogP contribution in [0, 0.1) is 18.8 Å². The molecule has 2 saturated heterocycles. The number of hydrogen-bond acceptors (Lipinski definition) is 3. The van der Waals surface area contributed by atoms with Crippen LogP contribution in [0.4, 0.5) is 0 Å². The van der Waals surface area contributed by atoms with E-state index in [0.29, 0.717) is 0 Å². The first-order valence-electron chi connectivity index (χ1n) is 7.15. The highest BCUT2D eigenvalue weighted by atomic mass is 35.5. The smallest absolute Gasteiger partial charge is 0.255 e. The van der Waals surface area contributed by atoms with Gasteiger partial charge in [0.2, 0.25) is 0 Å². The molecule has 1 aromatic rings. The lowest BCUT2D eigenvalue weighted by Gasteiger charge is -2.21. The van der Waals surface area contributed by atoms with Crippen molar-refractivity contribution in [1.82, 2.24) is 15.2 Å². The Balaban J connectivity index is 0.00000110. The molecule has 2 fully saturated rings. The van der Waals surface area contributed by atoms with Crippen LogP contribution in [-0.2, 0) is 0 Å². The zero-order valence-corrected chi connectivity index (χ0v) is 13.9. The third-order valence-electron chi connectivity index (χ3n) is 4.43. The SMILES string of the molecule is Cc1cncc(C(=O)N2CC[C@@H]3CNC[C@@H]3CC2)c1.Cl.Cl. The minimum Gasteiger partial charge on any atom is -0.339 e. The molecule has 0 bridgehead atoms. The number of nitrogens with zero attached hydrogens (tertiary/aromatic N) is 2. The Hall–Kier alpha value is -0.840. The number of halogens is 2. The highest BCUT2D eigenvalue weighted by Crippen LogP contribution is 2.27. The molecule has 1 N–H and O–H groups in total. The molecule has 4 nitrogen and oxygen atoms in total. The Morgan fingerprint density at radius 3 is 2.38 bits per heavy atom. The average Bonchev–Trinajstić information content (AvgIpc) is 2.77. The van der Waals surface area contributed by atoms with E-state index in [0.717, 1.165) is 62.0 Å². The average molecular weight is 332 g/mol. The molecule has 0 aromatic carbocycles. The lowest BCUT2D eigenvalue weighted by atomic mass is 9.92. The van der Waals surface area contributed by atoms with Crippen LogP contribution in [0.5, 0.6) is 0 Å². The molecule has 2 aliphatic heterocycles. The van der Waals surface area contributed by atoms with Crippen molar-refractivity contribution >= 4 is 30.7 Å². The molecular weight excluding hydrogens is 309 g/mol. The molecule has 0 aliphatic carbocycles. The van der Waals surface area contributed by atoms with Crippen LogP contribution in [0.2, 0.25) is 0 Å². The predicted molar refractivity (Wildman–Crippen MR) is 88.5 cm³/mol. The van der Waals surface area contributed by atoms with Crippen molar-refractivity contribution < 1.29 is 4.79 Å². The topological polar surface area (TPSA) is 45.2 Å². The van der Waals surface area contributed by atoms with E-state index < -0.39 is 0 Å². The van der Waals surface area contributed by atoms with Gasteiger partial charge in [-0.05, 0) is 56.3 Å². The molecule has 3 rings (SSSR count). The van der Waals surface area contributed by atoms with E-state index >= 15 is 0 Å². The van der Waals surface area contributed by atoms with Gasteiger partial charge in [0.15, 0.2) is 0 Å². The number of hydrogen-bond donors (Lipinski definition) is 1. The number of likely N-dealkylation sites (tertiary alicyclic amines) is 1. The first kappa shape index (κ1) is 18.2. The van der Waals surface area contributed by atoms with Crippen molar-refractivity contribution in [1.29, 1.82) is 0 Å². The molecule has 0 unspecified atom stereocenters. The van der Waals surface area contributed by atoms with Crippen LogP contribution in [0.1, 0.15) is 28.8 Å². The summed E-state index contributed by atoms with van der Waals surface area (Å²) < 4.78 is 0. The summed E-state index contributed by atoms with van der Waals surface area (Å²) in [7, 11) is 0. The van der Waals surface area contributed by atoms with Crippen molar-refractivity contribution in [2.45, 2.75) is 19.8 Å². The number of fused-ring (bicyclic) bond motifs is 1. The highest BCUT2D eigenvalue weighted by Gasteiger charge is 2.31. The highest BCUT2D eigenvalue weighted by molar-refractivity contribution is 5.94. The van der Waals surface area contributed by atoms with Crippen LogP contribution in [0.3, 0.4) is 0 Å². The number of carbonyl (C=O) groups is 1. The molecule has 6 heteroatoms. The van der Waals surface area contributed by atoms with Gasteiger partial charge >= 0.3 is 0 Å². The van der Waals surface area contributed by atoms with Gasteiger partial charge in [-0.25, -0.2) is 0 Å². The van der Waals surface area contributed by atoms with Crippen molar-refractivity contribution in [3.8, 4) is 0 Å². The molecule has 21 heavy (non-hydrogen) atoms. The number of carbonyl (C=O) groups excluding carboxylic acids is 1. The van der Waals surface area contributed by atoms with Gasteiger partial charge < -0.3 is 10.2 Å². The summed E-state index contributed by atoms with van der Waals surface area (Å²) in [5, 5.41) is 3.46. The maximum absolute atomic E-state index is 12.5. The van der Waals surface area contributed by atoms with Crippen LogP contribution < -0.4 is 5.32 Å². The lowest BCUT2D eigenvalue weighted by molar-refractivity contribution is 0.0758. The summed E-state index contributed by atoms with van der Waals surface area (Å²) in [6.45, 7) is 5.99. The Bertz CT molecular complexity index is 470. The van der Waals surface area contributed by atoms with E-state index in [1.165, 1.54) is 0 Å². The quantitative estimate of drug-likeness (QED) is 0.858. The number of aromatic nitrogens is 1. The third-order valence-corrected chi connectivity index (χ3v) is 4.43. The molecule has 118 valence electrons. The lowest BCUT2D eigenvalue weighted by Crippen LogP contribution is -2.32. The summed E-state index contributed by atoms with van der Waals surface area (Å²) in [6.07, 6.45) is 5.73. The van der Waals surface area contributed by atoms with E-state index in [9.17, 15) is 4.79 Å². The van der Waals surface area contributed by atoms with Crippen LogP contribution >= 0.6 is 24.8 Å². The van der Waals surface area contributed by atoms with Gasteiger partial charge in [0.05, 0.1) is 5.56 Å².